The summed E-state index contributed by atoms with van der Waals surface area (Å²) in [7, 11) is 2.25. The SMILES string of the molecule is C[C@@H]1/C(=N/O)C[C@@H](c2ccccc2)[NH+](C)[C@@H]1c1ccccc1. The van der Waals surface area contributed by atoms with Crippen molar-refractivity contribution in [3.05, 3.63) is 71.8 Å². The fourth-order valence-electron chi connectivity index (χ4n) is 3.77. The summed E-state index contributed by atoms with van der Waals surface area (Å²) in [5, 5.41) is 13.1. The van der Waals surface area contributed by atoms with Gasteiger partial charge in [0, 0.05) is 17.5 Å². The molecule has 1 aliphatic heterocycles. The number of benzene rings is 2. The second-order valence-electron chi connectivity index (χ2n) is 6.18. The zero-order chi connectivity index (χ0) is 15.5. The number of likely N-dealkylation sites (tertiary alicyclic amines) is 1. The molecule has 3 nitrogen and oxygen atoms in total. The van der Waals surface area contributed by atoms with E-state index in [9.17, 15) is 5.21 Å². The summed E-state index contributed by atoms with van der Waals surface area (Å²) in [6, 6.07) is 21.7. The van der Waals surface area contributed by atoms with E-state index < -0.39 is 0 Å². The fraction of sp³-hybridized carbons (Fsp3) is 0.316. The molecule has 114 valence electrons. The van der Waals surface area contributed by atoms with Gasteiger partial charge in [-0.25, -0.2) is 0 Å². The number of quaternary nitrogens is 1. The Bertz CT molecular complexity index is 639. The first-order valence-corrected chi connectivity index (χ1v) is 7.86. The molecule has 4 atom stereocenters. The average Bonchev–Trinajstić information content (AvgIpc) is 2.57. The van der Waals surface area contributed by atoms with Crippen LogP contribution in [0.2, 0.25) is 0 Å². The van der Waals surface area contributed by atoms with Crippen LogP contribution in [0, 0.1) is 5.92 Å². The third-order valence-corrected chi connectivity index (χ3v) is 4.97. The Hall–Kier alpha value is -2.13. The maximum Gasteiger partial charge on any atom is 0.121 e. The second-order valence-corrected chi connectivity index (χ2v) is 6.18. The predicted octanol–water partition coefficient (Wildman–Crippen LogP) is 2.85. The van der Waals surface area contributed by atoms with E-state index in [0.717, 1.165) is 12.1 Å². The predicted molar refractivity (Wildman–Crippen MR) is 88.3 cm³/mol. The Morgan fingerprint density at radius 3 is 2.05 bits per heavy atom. The van der Waals surface area contributed by atoms with Crippen LogP contribution in [0.4, 0.5) is 0 Å². The van der Waals surface area contributed by atoms with Crippen LogP contribution in [0.25, 0.3) is 0 Å². The lowest BCUT2D eigenvalue weighted by Gasteiger charge is -2.41. The number of oxime groups is 1. The lowest BCUT2D eigenvalue weighted by atomic mass is 9.80. The molecule has 0 spiro atoms. The largest absolute Gasteiger partial charge is 0.411 e. The summed E-state index contributed by atoms with van der Waals surface area (Å²) >= 11 is 0. The van der Waals surface area contributed by atoms with Gasteiger partial charge < -0.3 is 10.1 Å². The van der Waals surface area contributed by atoms with Crippen LogP contribution in [0.3, 0.4) is 0 Å². The number of hydrogen-bond acceptors (Lipinski definition) is 2. The van der Waals surface area contributed by atoms with E-state index >= 15 is 0 Å². The average molecular weight is 295 g/mol. The van der Waals surface area contributed by atoms with Gasteiger partial charge in [0.1, 0.15) is 12.1 Å². The maximum atomic E-state index is 9.46. The van der Waals surface area contributed by atoms with Gasteiger partial charge >= 0.3 is 0 Å². The molecule has 3 heteroatoms. The lowest BCUT2D eigenvalue weighted by Crippen LogP contribution is -3.11. The Morgan fingerprint density at radius 2 is 1.50 bits per heavy atom. The Balaban J connectivity index is 2.01. The van der Waals surface area contributed by atoms with E-state index in [1.165, 1.54) is 16.0 Å². The number of nitrogens with zero attached hydrogens (tertiary/aromatic N) is 1. The van der Waals surface area contributed by atoms with Crippen molar-refractivity contribution in [2.45, 2.75) is 25.4 Å². The van der Waals surface area contributed by atoms with Crippen LogP contribution < -0.4 is 4.90 Å². The molecule has 1 aliphatic rings. The Labute approximate surface area is 131 Å². The van der Waals surface area contributed by atoms with Crippen molar-refractivity contribution in [3.8, 4) is 0 Å². The van der Waals surface area contributed by atoms with Gasteiger partial charge in [-0.05, 0) is 0 Å². The van der Waals surface area contributed by atoms with Crippen molar-refractivity contribution in [1.29, 1.82) is 0 Å². The molecule has 2 aromatic carbocycles. The molecule has 1 fully saturated rings. The van der Waals surface area contributed by atoms with Crippen molar-refractivity contribution in [1.82, 2.24) is 0 Å². The van der Waals surface area contributed by atoms with Gasteiger partial charge in [0.25, 0.3) is 0 Å². The zero-order valence-corrected chi connectivity index (χ0v) is 13.1. The van der Waals surface area contributed by atoms with E-state index in [1.54, 1.807) is 0 Å². The fourth-order valence-corrected chi connectivity index (χ4v) is 3.77. The number of piperidine rings is 1. The van der Waals surface area contributed by atoms with Gasteiger partial charge in [-0.3, -0.25) is 0 Å². The molecular formula is C19H23N2O+. The van der Waals surface area contributed by atoms with Gasteiger partial charge in [-0.15, -0.1) is 0 Å². The standard InChI is InChI=1S/C19H22N2O/c1-14-17(20-22)13-18(15-9-5-3-6-10-15)21(2)19(14)16-11-7-4-8-12-16/h3-12,14,18-19,22H,13H2,1-2H3/p+1/b20-17+/t14-,18+,19+/m1/s1. The zero-order valence-electron chi connectivity index (χ0n) is 13.1. The molecule has 0 amide bonds. The van der Waals surface area contributed by atoms with Crippen molar-refractivity contribution in [2.24, 2.45) is 11.1 Å². The van der Waals surface area contributed by atoms with Crippen LogP contribution in [0.5, 0.6) is 0 Å². The molecule has 2 N–H and O–H groups in total. The highest BCUT2D eigenvalue weighted by atomic mass is 16.4. The maximum absolute atomic E-state index is 9.46. The normalized spacial score (nSPS) is 30.4. The van der Waals surface area contributed by atoms with Crippen LogP contribution in [0.15, 0.2) is 65.8 Å². The van der Waals surface area contributed by atoms with Crippen molar-refractivity contribution >= 4 is 5.71 Å². The monoisotopic (exact) mass is 295 g/mol. The summed E-state index contributed by atoms with van der Waals surface area (Å²) < 4.78 is 0. The number of rotatable bonds is 2. The summed E-state index contributed by atoms with van der Waals surface area (Å²) in [6.07, 6.45) is 0.802. The molecular weight excluding hydrogens is 272 g/mol. The second kappa shape index (κ2) is 6.32. The molecule has 0 radical (unpaired) electrons. The van der Waals surface area contributed by atoms with Crippen LogP contribution in [0.1, 0.15) is 36.6 Å². The minimum absolute atomic E-state index is 0.229. The topological polar surface area (TPSA) is 37.0 Å². The number of hydrogen-bond donors (Lipinski definition) is 2. The highest BCUT2D eigenvalue weighted by molar-refractivity contribution is 5.87. The first-order chi connectivity index (χ1) is 10.7. The first-order valence-electron chi connectivity index (χ1n) is 7.86. The van der Waals surface area contributed by atoms with Crippen LogP contribution >= 0.6 is 0 Å². The van der Waals surface area contributed by atoms with Gasteiger partial charge in [-0.1, -0.05) is 72.7 Å². The molecule has 1 saturated heterocycles. The van der Waals surface area contributed by atoms with Crippen LogP contribution in [-0.4, -0.2) is 18.0 Å². The highest BCUT2D eigenvalue weighted by Gasteiger charge is 2.42. The van der Waals surface area contributed by atoms with Crippen molar-refractivity contribution < 1.29 is 10.1 Å². The molecule has 0 aromatic heterocycles. The molecule has 1 heterocycles. The minimum Gasteiger partial charge on any atom is -0.411 e. The quantitative estimate of drug-likeness (QED) is 0.649. The Morgan fingerprint density at radius 1 is 0.955 bits per heavy atom. The molecule has 0 saturated carbocycles. The summed E-state index contributed by atoms with van der Waals surface area (Å²) in [5.74, 6) is 0.229. The van der Waals surface area contributed by atoms with Gasteiger partial charge in [-0.2, -0.15) is 0 Å². The van der Waals surface area contributed by atoms with E-state index in [1.807, 2.05) is 12.1 Å². The van der Waals surface area contributed by atoms with E-state index in [-0.39, 0.29) is 5.92 Å². The van der Waals surface area contributed by atoms with Crippen molar-refractivity contribution in [3.63, 3.8) is 0 Å². The molecule has 1 unspecified atom stereocenters. The van der Waals surface area contributed by atoms with E-state index in [0.29, 0.717) is 12.1 Å². The van der Waals surface area contributed by atoms with E-state index in [4.69, 9.17) is 0 Å². The van der Waals surface area contributed by atoms with Gasteiger partial charge in [0.2, 0.25) is 0 Å². The van der Waals surface area contributed by atoms with Gasteiger partial charge in [0.15, 0.2) is 0 Å². The summed E-state index contributed by atoms with van der Waals surface area (Å²) in [5.41, 5.74) is 3.50. The van der Waals surface area contributed by atoms with Gasteiger partial charge in [0.05, 0.1) is 18.7 Å². The first kappa shape index (κ1) is 14.8. The van der Waals surface area contributed by atoms with Crippen LogP contribution in [-0.2, 0) is 0 Å². The third kappa shape index (κ3) is 2.64. The highest BCUT2D eigenvalue weighted by Crippen LogP contribution is 2.30. The molecule has 0 aliphatic carbocycles. The third-order valence-electron chi connectivity index (χ3n) is 4.97. The summed E-state index contributed by atoms with van der Waals surface area (Å²) in [6.45, 7) is 2.16. The smallest absolute Gasteiger partial charge is 0.121 e. The van der Waals surface area contributed by atoms with Crippen molar-refractivity contribution in [2.75, 3.05) is 7.05 Å². The minimum atomic E-state index is 0.229. The molecule has 22 heavy (non-hydrogen) atoms. The Kier molecular flexibility index (Phi) is 4.25. The number of nitrogens with one attached hydrogen (secondary N) is 1. The van der Waals surface area contributed by atoms with E-state index in [2.05, 4.69) is 67.7 Å². The molecule has 3 rings (SSSR count). The molecule has 0 bridgehead atoms. The summed E-state index contributed by atoms with van der Waals surface area (Å²) in [4.78, 5) is 1.46. The lowest BCUT2D eigenvalue weighted by molar-refractivity contribution is -0.948. The molecule has 2 aromatic rings.